The molecular formula is C11H11F4NOS. The van der Waals surface area contributed by atoms with Crippen LogP contribution < -0.4 is 5.32 Å². The zero-order chi connectivity index (χ0) is 14.1. The van der Waals surface area contributed by atoms with Gasteiger partial charge in [0.1, 0.15) is 5.82 Å². The van der Waals surface area contributed by atoms with E-state index in [2.05, 4.69) is 5.32 Å². The number of anilines is 1. The average Bonchev–Trinajstić information content (AvgIpc) is 2.18. The lowest BCUT2D eigenvalue weighted by atomic mass is 10.1. The number of hydrogen-bond donors (Lipinski definition) is 1. The van der Waals surface area contributed by atoms with Crippen LogP contribution in [0.5, 0.6) is 0 Å². The van der Waals surface area contributed by atoms with E-state index >= 15 is 0 Å². The predicted octanol–water partition coefficient (Wildman–Crippen LogP) is 4.01. The third-order valence-electron chi connectivity index (χ3n) is 2.33. The second kappa shape index (κ2) is 5.17. The maximum Gasteiger partial charge on any atom is 0.446 e. The van der Waals surface area contributed by atoms with Gasteiger partial charge in [-0.25, -0.2) is 4.39 Å². The molecule has 0 radical (unpaired) electrons. The summed E-state index contributed by atoms with van der Waals surface area (Å²) in [6, 6.07) is 0.783. The van der Waals surface area contributed by atoms with E-state index in [1.807, 2.05) is 0 Å². The van der Waals surface area contributed by atoms with Gasteiger partial charge in [0.15, 0.2) is 0 Å². The van der Waals surface area contributed by atoms with Crippen LogP contribution >= 0.6 is 11.8 Å². The van der Waals surface area contributed by atoms with Gasteiger partial charge in [-0.2, -0.15) is 13.2 Å². The van der Waals surface area contributed by atoms with Crippen molar-refractivity contribution in [2.24, 2.45) is 0 Å². The minimum atomic E-state index is -4.47. The van der Waals surface area contributed by atoms with Crippen molar-refractivity contribution in [1.29, 1.82) is 0 Å². The lowest BCUT2D eigenvalue weighted by Crippen LogP contribution is -2.11. The zero-order valence-electron chi connectivity index (χ0n) is 9.91. The molecule has 0 bridgehead atoms. The molecule has 0 aromatic heterocycles. The molecule has 2 nitrogen and oxygen atoms in total. The molecule has 7 heteroatoms. The van der Waals surface area contributed by atoms with Gasteiger partial charge in [-0.1, -0.05) is 0 Å². The molecule has 1 N–H and O–H groups in total. The highest BCUT2D eigenvalue weighted by Gasteiger charge is 2.31. The van der Waals surface area contributed by atoms with E-state index in [4.69, 9.17) is 0 Å². The molecule has 0 aliphatic heterocycles. The van der Waals surface area contributed by atoms with Crippen molar-refractivity contribution in [3.63, 3.8) is 0 Å². The Labute approximate surface area is 106 Å². The molecule has 0 aliphatic rings. The van der Waals surface area contributed by atoms with Crippen LogP contribution in [-0.2, 0) is 4.79 Å². The Balaban J connectivity index is 3.24. The number of halogens is 4. The Morgan fingerprint density at radius 3 is 2.28 bits per heavy atom. The SMILES string of the molecule is CC(=O)Nc1c(F)cc(SC(F)(F)F)c(C)c1C. The van der Waals surface area contributed by atoms with E-state index in [1.165, 1.54) is 20.8 Å². The molecule has 1 amide bonds. The van der Waals surface area contributed by atoms with Crippen LogP contribution in [0, 0.1) is 19.7 Å². The number of alkyl halides is 3. The first kappa shape index (κ1) is 14.8. The number of nitrogens with one attached hydrogen (secondary N) is 1. The fraction of sp³-hybridized carbons (Fsp3) is 0.364. The topological polar surface area (TPSA) is 29.1 Å². The number of carbonyl (C=O) groups excluding carboxylic acids is 1. The fourth-order valence-corrected chi connectivity index (χ4v) is 2.13. The molecule has 0 saturated carbocycles. The van der Waals surface area contributed by atoms with Gasteiger partial charge < -0.3 is 5.32 Å². The van der Waals surface area contributed by atoms with Crippen molar-refractivity contribution < 1.29 is 22.4 Å². The highest BCUT2D eigenvalue weighted by molar-refractivity contribution is 8.00. The van der Waals surface area contributed by atoms with Gasteiger partial charge in [0.25, 0.3) is 0 Å². The van der Waals surface area contributed by atoms with Gasteiger partial charge in [-0.15, -0.1) is 0 Å². The molecule has 18 heavy (non-hydrogen) atoms. The maximum absolute atomic E-state index is 13.6. The van der Waals surface area contributed by atoms with Gasteiger partial charge in [-0.05, 0) is 42.8 Å². The van der Waals surface area contributed by atoms with Crippen molar-refractivity contribution in [1.82, 2.24) is 0 Å². The van der Waals surface area contributed by atoms with E-state index in [0.29, 0.717) is 5.56 Å². The second-order valence-electron chi connectivity index (χ2n) is 3.71. The molecule has 0 saturated heterocycles. The Morgan fingerprint density at radius 1 is 1.28 bits per heavy atom. The molecule has 0 unspecified atom stereocenters. The molecule has 0 atom stereocenters. The molecule has 0 spiro atoms. The Bertz CT molecular complexity index is 485. The van der Waals surface area contributed by atoms with Gasteiger partial charge in [0.05, 0.1) is 5.69 Å². The van der Waals surface area contributed by atoms with Crippen LogP contribution in [0.1, 0.15) is 18.1 Å². The van der Waals surface area contributed by atoms with Crippen molar-refractivity contribution in [3.8, 4) is 0 Å². The van der Waals surface area contributed by atoms with Crippen molar-refractivity contribution in [2.45, 2.75) is 31.2 Å². The van der Waals surface area contributed by atoms with E-state index < -0.39 is 17.2 Å². The highest BCUT2D eigenvalue weighted by atomic mass is 32.2. The van der Waals surface area contributed by atoms with E-state index in [9.17, 15) is 22.4 Å². The van der Waals surface area contributed by atoms with Gasteiger partial charge in [0, 0.05) is 11.8 Å². The minimum absolute atomic E-state index is 0.0773. The smallest absolute Gasteiger partial charge is 0.324 e. The summed E-state index contributed by atoms with van der Waals surface area (Å²) in [7, 11) is 0. The van der Waals surface area contributed by atoms with Crippen LogP contribution in [0.2, 0.25) is 0 Å². The first-order chi connectivity index (χ1) is 8.11. The van der Waals surface area contributed by atoms with E-state index in [0.717, 1.165) is 6.07 Å². The molecule has 0 aliphatic carbocycles. The second-order valence-corrected chi connectivity index (χ2v) is 4.82. The number of benzene rings is 1. The zero-order valence-corrected chi connectivity index (χ0v) is 10.7. The normalized spacial score (nSPS) is 11.5. The van der Waals surface area contributed by atoms with Crippen LogP contribution in [0.3, 0.4) is 0 Å². The molecule has 1 aromatic carbocycles. The van der Waals surface area contributed by atoms with Crippen LogP contribution in [0.4, 0.5) is 23.2 Å². The summed E-state index contributed by atoms with van der Waals surface area (Å²) in [5, 5.41) is 2.27. The third-order valence-corrected chi connectivity index (χ3v) is 3.21. The number of rotatable bonds is 2. The summed E-state index contributed by atoms with van der Waals surface area (Å²) in [6.45, 7) is 4.12. The lowest BCUT2D eigenvalue weighted by molar-refractivity contribution is -0.114. The summed E-state index contributed by atoms with van der Waals surface area (Å²) in [6.07, 6.45) is 0. The van der Waals surface area contributed by atoms with Gasteiger partial charge in [0.2, 0.25) is 5.91 Å². The molecular weight excluding hydrogens is 270 g/mol. The predicted molar refractivity (Wildman–Crippen MR) is 62.1 cm³/mol. The molecule has 0 heterocycles. The van der Waals surface area contributed by atoms with Crippen LogP contribution in [-0.4, -0.2) is 11.4 Å². The Hall–Kier alpha value is -1.24. The Kier molecular flexibility index (Phi) is 4.26. The van der Waals surface area contributed by atoms with Crippen LogP contribution in [0.15, 0.2) is 11.0 Å². The van der Waals surface area contributed by atoms with Crippen molar-refractivity contribution in [2.75, 3.05) is 5.32 Å². The van der Waals surface area contributed by atoms with Gasteiger partial charge >= 0.3 is 5.51 Å². The highest BCUT2D eigenvalue weighted by Crippen LogP contribution is 2.41. The monoisotopic (exact) mass is 281 g/mol. The van der Waals surface area contributed by atoms with Crippen molar-refractivity contribution >= 4 is 23.4 Å². The number of thioether (sulfide) groups is 1. The lowest BCUT2D eigenvalue weighted by Gasteiger charge is -2.15. The summed E-state index contributed by atoms with van der Waals surface area (Å²) in [4.78, 5) is 10.7. The maximum atomic E-state index is 13.6. The van der Waals surface area contributed by atoms with Gasteiger partial charge in [-0.3, -0.25) is 4.79 Å². The summed E-state index contributed by atoms with van der Waals surface area (Å²) >= 11 is -0.369. The number of amides is 1. The summed E-state index contributed by atoms with van der Waals surface area (Å²) in [5.41, 5.74) is -3.97. The fourth-order valence-electron chi connectivity index (χ4n) is 1.41. The number of hydrogen-bond acceptors (Lipinski definition) is 2. The quantitative estimate of drug-likeness (QED) is 0.655. The van der Waals surface area contributed by atoms with Crippen molar-refractivity contribution in [3.05, 3.63) is 23.0 Å². The first-order valence-corrected chi connectivity index (χ1v) is 5.76. The van der Waals surface area contributed by atoms with E-state index in [1.54, 1.807) is 0 Å². The third kappa shape index (κ3) is 3.63. The van der Waals surface area contributed by atoms with E-state index in [-0.39, 0.29) is 27.9 Å². The standard InChI is InChI=1S/C11H11F4NOS/c1-5-6(2)10(16-7(3)17)8(12)4-9(5)18-11(13,14)15/h4H,1-3H3,(H,16,17). The molecule has 100 valence electrons. The molecule has 1 rings (SSSR count). The molecule has 1 aromatic rings. The molecule has 0 fully saturated rings. The largest absolute Gasteiger partial charge is 0.446 e. The van der Waals surface area contributed by atoms with Crippen LogP contribution in [0.25, 0.3) is 0 Å². The average molecular weight is 281 g/mol. The minimum Gasteiger partial charge on any atom is -0.324 e. The first-order valence-electron chi connectivity index (χ1n) is 4.95. The summed E-state index contributed by atoms with van der Waals surface area (Å²) in [5.74, 6) is -1.35. The number of carbonyl (C=O) groups is 1. The summed E-state index contributed by atoms with van der Waals surface area (Å²) < 4.78 is 50.4. The Morgan fingerprint density at radius 2 is 1.83 bits per heavy atom.